The highest BCUT2D eigenvalue weighted by Crippen LogP contribution is 2.49. The molecule has 0 spiro atoms. The second-order valence-electron chi connectivity index (χ2n) is 5.91. The molecule has 0 aromatic heterocycles. The molecule has 0 bridgehead atoms. The van der Waals surface area contributed by atoms with E-state index in [-0.39, 0.29) is 37.4 Å². The molecule has 0 radical (unpaired) electrons. The minimum absolute atomic E-state index is 0.112. The van der Waals surface area contributed by atoms with Crippen molar-refractivity contribution in [1.29, 1.82) is 0 Å². The van der Waals surface area contributed by atoms with E-state index in [0.29, 0.717) is 4.47 Å². The molecule has 0 aliphatic heterocycles. The van der Waals surface area contributed by atoms with Crippen LogP contribution < -0.4 is 4.74 Å². The van der Waals surface area contributed by atoms with Crippen molar-refractivity contribution in [2.45, 2.75) is 24.7 Å². The molecule has 0 saturated heterocycles. The molecular formula is C15H13BrF4O3. The van der Waals surface area contributed by atoms with E-state index < -0.39 is 29.7 Å². The highest BCUT2D eigenvalue weighted by atomic mass is 79.9. The molecule has 2 atom stereocenters. The smallest absolute Gasteiger partial charge is 0.338 e. The third-order valence-electron chi connectivity index (χ3n) is 3.89. The number of hydrogen-bond donors (Lipinski definition) is 0. The Labute approximate surface area is 138 Å². The molecule has 2 unspecified atom stereocenters. The van der Waals surface area contributed by atoms with Crippen LogP contribution in [0.1, 0.15) is 23.2 Å². The van der Waals surface area contributed by atoms with Gasteiger partial charge in [-0.3, -0.25) is 0 Å². The van der Waals surface area contributed by atoms with Crippen molar-refractivity contribution in [3.8, 4) is 5.75 Å². The van der Waals surface area contributed by atoms with Crippen molar-refractivity contribution in [2.24, 2.45) is 11.8 Å². The molecule has 0 N–H and O–H groups in total. The Morgan fingerprint density at radius 2 is 1.65 bits per heavy atom. The zero-order valence-corrected chi connectivity index (χ0v) is 13.4. The second kappa shape index (κ2) is 5.65. The lowest BCUT2D eigenvalue weighted by Crippen LogP contribution is -2.11. The molecule has 2 aliphatic rings. The van der Waals surface area contributed by atoms with Crippen molar-refractivity contribution in [1.82, 2.24) is 0 Å². The normalized spacial score (nSPS) is 26.5. The number of hydrogen-bond acceptors (Lipinski definition) is 3. The van der Waals surface area contributed by atoms with E-state index in [0.717, 1.165) is 0 Å². The number of rotatable bonds is 6. The zero-order chi connectivity index (χ0) is 16.8. The summed E-state index contributed by atoms with van der Waals surface area (Å²) >= 11 is 3.18. The topological polar surface area (TPSA) is 35.5 Å². The summed E-state index contributed by atoms with van der Waals surface area (Å²) in [6.07, 6.45) is -0.478. The van der Waals surface area contributed by atoms with Crippen LogP contribution in [0.4, 0.5) is 17.6 Å². The summed E-state index contributed by atoms with van der Waals surface area (Å²) in [5, 5.41) is 0. The van der Waals surface area contributed by atoms with E-state index in [1.165, 1.54) is 18.2 Å². The molecule has 8 heteroatoms. The van der Waals surface area contributed by atoms with Gasteiger partial charge in [0.2, 0.25) is 0 Å². The van der Waals surface area contributed by atoms with Gasteiger partial charge in [0.1, 0.15) is 12.4 Å². The van der Waals surface area contributed by atoms with Crippen molar-refractivity contribution < 1.29 is 31.8 Å². The van der Waals surface area contributed by atoms with Crippen LogP contribution in [0.5, 0.6) is 5.75 Å². The third kappa shape index (κ3) is 3.97. The van der Waals surface area contributed by atoms with Crippen LogP contribution in [0.15, 0.2) is 22.7 Å². The van der Waals surface area contributed by atoms with Gasteiger partial charge < -0.3 is 9.47 Å². The van der Waals surface area contributed by atoms with Crippen molar-refractivity contribution in [2.75, 3.05) is 13.2 Å². The molecular weight excluding hydrogens is 384 g/mol. The molecule has 2 saturated carbocycles. The number of ether oxygens (including phenoxy) is 2. The van der Waals surface area contributed by atoms with Crippen molar-refractivity contribution in [3.05, 3.63) is 28.2 Å². The molecule has 126 valence electrons. The Morgan fingerprint density at radius 3 is 2.22 bits per heavy atom. The lowest BCUT2D eigenvalue weighted by atomic mass is 10.2. The first-order chi connectivity index (χ1) is 10.7. The van der Waals surface area contributed by atoms with E-state index in [1.54, 1.807) is 0 Å². The van der Waals surface area contributed by atoms with E-state index in [1.807, 2.05) is 0 Å². The maximum Gasteiger partial charge on any atom is 0.338 e. The summed E-state index contributed by atoms with van der Waals surface area (Å²) < 4.78 is 61.7. The fourth-order valence-corrected chi connectivity index (χ4v) is 2.59. The Balaban J connectivity index is 1.57. The summed E-state index contributed by atoms with van der Waals surface area (Å²) in [5.74, 6) is -7.67. The summed E-state index contributed by atoms with van der Waals surface area (Å²) in [6, 6.07) is 4.33. The number of halogens is 5. The SMILES string of the molecule is O=C(OCC1CC1(F)F)c1cc(Br)cc(OCC2CC2(F)F)c1. The average Bonchev–Trinajstić information content (AvgIpc) is 3.27. The van der Waals surface area contributed by atoms with Crippen LogP contribution in [-0.4, -0.2) is 31.0 Å². The Morgan fingerprint density at radius 1 is 1.09 bits per heavy atom. The molecule has 1 aromatic rings. The highest BCUT2D eigenvalue weighted by Gasteiger charge is 2.58. The Kier molecular flexibility index (Phi) is 4.06. The predicted octanol–water partition coefficient (Wildman–Crippen LogP) is 4.30. The Bertz CT molecular complexity index is 635. The fourth-order valence-electron chi connectivity index (χ4n) is 2.12. The first-order valence-electron chi connectivity index (χ1n) is 7.03. The van der Waals surface area contributed by atoms with Gasteiger partial charge in [0.25, 0.3) is 11.8 Å². The number of benzene rings is 1. The van der Waals surface area contributed by atoms with Gasteiger partial charge in [0.05, 0.1) is 24.0 Å². The Hall–Kier alpha value is -1.31. The van der Waals surface area contributed by atoms with E-state index in [2.05, 4.69) is 15.9 Å². The van der Waals surface area contributed by atoms with Gasteiger partial charge in [-0.05, 0) is 18.2 Å². The van der Waals surface area contributed by atoms with Crippen LogP contribution in [0.3, 0.4) is 0 Å². The van der Waals surface area contributed by atoms with Crippen molar-refractivity contribution >= 4 is 21.9 Å². The van der Waals surface area contributed by atoms with Crippen LogP contribution in [0, 0.1) is 11.8 Å². The van der Waals surface area contributed by atoms with Gasteiger partial charge in [-0.15, -0.1) is 0 Å². The van der Waals surface area contributed by atoms with Gasteiger partial charge in [0, 0.05) is 17.3 Å². The lowest BCUT2D eigenvalue weighted by Gasteiger charge is -2.09. The van der Waals surface area contributed by atoms with Gasteiger partial charge in [-0.1, -0.05) is 15.9 Å². The summed E-state index contributed by atoms with van der Waals surface area (Å²) in [5.41, 5.74) is 0.112. The average molecular weight is 397 g/mol. The van der Waals surface area contributed by atoms with Crippen LogP contribution in [-0.2, 0) is 4.74 Å². The van der Waals surface area contributed by atoms with Crippen LogP contribution in [0.2, 0.25) is 0 Å². The third-order valence-corrected chi connectivity index (χ3v) is 4.34. The quantitative estimate of drug-likeness (QED) is 0.531. The van der Waals surface area contributed by atoms with Crippen LogP contribution in [0.25, 0.3) is 0 Å². The van der Waals surface area contributed by atoms with Crippen molar-refractivity contribution in [3.63, 3.8) is 0 Å². The van der Waals surface area contributed by atoms with Gasteiger partial charge in [-0.2, -0.15) is 0 Å². The minimum Gasteiger partial charge on any atom is -0.493 e. The molecule has 1 aromatic carbocycles. The molecule has 2 aliphatic carbocycles. The number of carbonyl (C=O) groups excluding carboxylic acids is 1. The summed E-state index contributed by atoms with van der Waals surface area (Å²) in [4.78, 5) is 11.9. The monoisotopic (exact) mass is 396 g/mol. The predicted molar refractivity (Wildman–Crippen MR) is 76.0 cm³/mol. The fraction of sp³-hybridized carbons (Fsp3) is 0.533. The van der Waals surface area contributed by atoms with Gasteiger partial charge in [-0.25, -0.2) is 22.4 Å². The number of alkyl halides is 4. The number of carbonyl (C=O) groups is 1. The van der Waals surface area contributed by atoms with Gasteiger partial charge >= 0.3 is 5.97 Å². The van der Waals surface area contributed by atoms with E-state index in [4.69, 9.17) is 9.47 Å². The molecule has 0 amide bonds. The largest absolute Gasteiger partial charge is 0.493 e. The summed E-state index contributed by atoms with van der Waals surface area (Å²) in [6.45, 7) is -0.491. The second-order valence-corrected chi connectivity index (χ2v) is 6.82. The van der Waals surface area contributed by atoms with Gasteiger partial charge in [0.15, 0.2) is 0 Å². The lowest BCUT2D eigenvalue weighted by molar-refractivity contribution is 0.0367. The molecule has 0 heterocycles. The highest BCUT2D eigenvalue weighted by molar-refractivity contribution is 9.10. The van der Waals surface area contributed by atoms with Crippen LogP contribution >= 0.6 is 15.9 Å². The summed E-state index contributed by atoms with van der Waals surface area (Å²) in [7, 11) is 0. The first kappa shape index (κ1) is 16.5. The standard InChI is InChI=1S/C15H13BrF4O3/c16-11-1-8(13(21)23-7-10-5-15(10,19)20)2-12(3-11)22-6-9-4-14(9,17)18/h1-3,9-10H,4-7H2. The minimum atomic E-state index is -2.75. The maximum atomic E-state index is 12.8. The van der Waals surface area contributed by atoms with E-state index in [9.17, 15) is 22.4 Å². The first-order valence-corrected chi connectivity index (χ1v) is 7.83. The number of esters is 1. The maximum absolute atomic E-state index is 12.8. The molecule has 23 heavy (non-hydrogen) atoms. The van der Waals surface area contributed by atoms with E-state index >= 15 is 0 Å². The molecule has 3 rings (SSSR count). The molecule has 3 nitrogen and oxygen atoms in total. The zero-order valence-electron chi connectivity index (χ0n) is 11.8. The molecule has 2 fully saturated rings.